The number of aryl methyl sites for hydroxylation is 1. The third-order valence-corrected chi connectivity index (χ3v) is 4.20. The van der Waals surface area contributed by atoms with E-state index in [4.69, 9.17) is 0 Å². The highest BCUT2D eigenvalue weighted by atomic mass is 16.2. The summed E-state index contributed by atoms with van der Waals surface area (Å²) in [4.78, 5) is 41.6. The van der Waals surface area contributed by atoms with E-state index in [2.05, 4.69) is 4.98 Å². The van der Waals surface area contributed by atoms with Gasteiger partial charge < -0.3 is 4.57 Å². The zero-order valence-corrected chi connectivity index (χ0v) is 14.7. The second-order valence-electron chi connectivity index (χ2n) is 6.04. The molecule has 0 amide bonds. The molecule has 2 heterocycles. The molecule has 0 aromatic carbocycles. The Kier molecular flexibility index (Phi) is 6.11. The summed E-state index contributed by atoms with van der Waals surface area (Å²) in [6.45, 7) is 6.89. The van der Waals surface area contributed by atoms with Crippen molar-refractivity contribution < 1.29 is 4.79 Å². The molecule has 2 aromatic heterocycles. The van der Waals surface area contributed by atoms with Crippen molar-refractivity contribution >= 4 is 16.9 Å². The van der Waals surface area contributed by atoms with Gasteiger partial charge >= 0.3 is 5.69 Å². The van der Waals surface area contributed by atoms with Crippen LogP contribution in [0.4, 0.5) is 0 Å². The standard InChI is InChI=1S/C17H26N4O3/c1-4-7-9-20-15-14(19(12-18-15)11-13(22)6-3)16(23)21(17(20)24)10-8-5-2/h12H,4-11H2,1-3H3. The fourth-order valence-electron chi connectivity index (χ4n) is 2.69. The van der Waals surface area contributed by atoms with Crippen LogP contribution in [0.5, 0.6) is 0 Å². The first-order valence-corrected chi connectivity index (χ1v) is 8.75. The quantitative estimate of drug-likeness (QED) is 0.702. The number of carbonyl (C=O) groups excluding carboxylic acids is 1. The number of aromatic nitrogens is 4. The van der Waals surface area contributed by atoms with Crippen LogP contribution in [0.3, 0.4) is 0 Å². The Bertz CT molecular complexity index is 829. The van der Waals surface area contributed by atoms with Crippen molar-refractivity contribution in [1.29, 1.82) is 0 Å². The van der Waals surface area contributed by atoms with Crippen molar-refractivity contribution in [2.75, 3.05) is 0 Å². The van der Waals surface area contributed by atoms with Crippen LogP contribution in [-0.4, -0.2) is 24.5 Å². The number of fused-ring (bicyclic) bond motifs is 1. The van der Waals surface area contributed by atoms with Crippen molar-refractivity contribution in [2.24, 2.45) is 0 Å². The third kappa shape index (κ3) is 3.49. The van der Waals surface area contributed by atoms with Gasteiger partial charge in [-0.25, -0.2) is 9.78 Å². The summed E-state index contributed by atoms with van der Waals surface area (Å²) in [6, 6.07) is 0. The topological polar surface area (TPSA) is 78.9 Å². The molecule has 0 radical (unpaired) electrons. The van der Waals surface area contributed by atoms with Crippen LogP contribution in [0.1, 0.15) is 52.9 Å². The Morgan fingerprint density at radius 2 is 1.67 bits per heavy atom. The Labute approximate surface area is 140 Å². The summed E-state index contributed by atoms with van der Waals surface area (Å²) < 4.78 is 4.44. The number of hydrogen-bond acceptors (Lipinski definition) is 4. The lowest BCUT2D eigenvalue weighted by molar-refractivity contribution is -0.119. The summed E-state index contributed by atoms with van der Waals surface area (Å²) in [5.41, 5.74) is 0.0813. The maximum absolute atomic E-state index is 12.8. The molecule has 2 rings (SSSR count). The molecule has 0 N–H and O–H groups in total. The molecule has 0 saturated heterocycles. The lowest BCUT2D eigenvalue weighted by Crippen LogP contribution is -2.40. The Hall–Kier alpha value is -2.18. The summed E-state index contributed by atoms with van der Waals surface area (Å²) in [7, 11) is 0. The minimum absolute atomic E-state index is 0.0279. The number of Topliss-reactive ketones (excluding diaryl/α,β-unsaturated/α-hetero) is 1. The molecule has 0 atom stereocenters. The van der Waals surface area contributed by atoms with E-state index in [0.717, 1.165) is 25.7 Å². The smallest absolute Gasteiger partial charge is 0.317 e. The first-order valence-electron chi connectivity index (χ1n) is 8.75. The molecule has 2 aromatic rings. The van der Waals surface area contributed by atoms with Crippen LogP contribution < -0.4 is 11.2 Å². The SMILES string of the molecule is CCCCn1c(=O)c2c(ncn2CC(=O)CC)n(CCCC)c1=O. The highest BCUT2D eigenvalue weighted by Crippen LogP contribution is 2.09. The molecule has 0 fully saturated rings. The number of unbranched alkanes of at least 4 members (excludes halogenated alkanes) is 2. The van der Waals surface area contributed by atoms with E-state index in [-0.39, 0.29) is 23.6 Å². The third-order valence-electron chi connectivity index (χ3n) is 4.20. The number of rotatable bonds is 9. The zero-order valence-electron chi connectivity index (χ0n) is 14.7. The Balaban J connectivity index is 2.67. The molecule has 7 heteroatoms. The van der Waals surface area contributed by atoms with Gasteiger partial charge in [-0.3, -0.25) is 18.7 Å². The molecule has 0 unspecified atom stereocenters. The van der Waals surface area contributed by atoms with Crippen molar-refractivity contribution in [1.82, 2.24) is 18.7 Å². The van der Waals surface area contributed by atoms with E-state index in [1.807, 2.05) is 13.8 Å². The molecule has 0 aliphatic carbocycles. The molecule has 7 nitrogen and oxygen atoms in total. The fourth-order valence-corrected chi connectivity index (χ4v) is 2.69. The molecular formula is C17H26N4O3. The second kappa shape index (κ2) is 8.08. The molecule has 0 saturated carbocycles. The van der Waals surface area contributed by atoms with Crippen LogP contribution in [0.2, 0.25) is 0 Å². The fraction of sp³-hybridized carbons (Fsp3) is 0.647. The van der Waals surface area contributed by atoms with E-state index in [0.29, 0.717) is 30.7 Å². The van der Waals surface area contributed by atoms with Gasteiger partial charge in [-0.05, 0) is 12.8 Å². The van der Waals surface area contributed by atoms with E-state index in [1.165, 1.54) is 10.9 Å². The van der Waals surface area contributed by atoms with Crippen molar-refractivity contribution in [3.63, 3.8) is 0 Å². The summed E-state index contributed by atoms with van der Waals surface area (Å²) in [6.07, 6.45) is 5.33. The van der Waals surface area contributed by atoms with E-state index in [9.17, 15) is 14.4 Å². The van der Waals surface area contributed by atoms with Crippen LogP contribution >= 0.6 is 0 Å². The molecule has 0 spiro atoms. The predicted molar refractivity (Wildman–Crippen MR) is 93.4 cm³/mol. The summed E-state index contributed by atoms with van der Waals surface area (Å²) >= 11 is 0. The van der Waals surface area contributed by atoms with Crippen LogP contribution in [0, 0.1) is 0 Å². The minimum Gasteiger partial charge on any atom is -0.317 e. The van der Waals surface area contributed by atoms with E-state index >= 15 is 0 Å². The molecular weight excluding hydrogens is 308 g/mol. The maximum Gasteiger partial charge on any atom is 0.332 e. The molecule has 0 aliphatic heterocycles. The van der Waals surface area contributed by atoms with Crippen LogP contribution in [-0.2, 0) is 24.4 Å². The van der Waals surface area contributed by atoms with Crippen molar-refractivity contribution in [2.45, 2.75) is 72.5 Å². The van der Waals surface area contributed by atoms with E-state index < -0.39 is 0 Å². The van der Waals surface area contributed by atoms with E-state index in [1.54, 1.807) is 16.1 Å². The highest BCUT2D eigenvalue weighted by molar-refractivity contribution is 5.80. The van der Waals surface area contributed by atoms with Gasteiger partial charge in [0.15, 0.2) is 16.9 Å². The van der Waals surface area contributed by atoms with Crippen LogP contribution in [0.15, 0.2) is 15.9 Å². The average molecular weight is 334 g/mol. The summed E-state index contributed by atoms with van der Waals surface area (Å²) in [5, 5.41) is 0. The van der Waals surface area contributed by atoms with Gasteiger partial charge in [-0.15, -0.1) is 0 Å². The van der Waals surface area contributed by atoms with Gasteiger partial charge in [0.2, 0.25) is 0 Å². The van der Waals surface area contributed by atoms with Crippen molar-refractivity contribution in [3.8, 4) is 0 Å². The monoisotopic (exact) mass is 334 g/mol. The molecule has 24 heavy (non-hydrogen) atoms. The Morgan fingerprint density at radius 3 is 2.25 bits per heavy atom. The number of hydrogen-bond donors (Lipinski definition) is 0. The Morgan fingerprint density at radius 1 is 1.04 bits per heavy atom. The van der Waals surface area contributed by atoms with Crippen molar-refractivity contribution in [3.05, 3.63) is 27.2 Å². The molecule has 0 aliphatic rings. The normalized spacial score (nSPS) is 11.3. The van der Waals surface area contributed by atoms with Gasteiger partial charge in [-0.1, -0.05) is 33.6 Å². The van der Waals surface area contributed by atoms with Gasteiger partial charge in [-0.2, -0.15) is 0 Å². The predicted octanol–water partition coefficient (Wildman–Crippen LogP) is 1.94. The maximum atomic E-state index is 12.8. The van der Waals surface area contributed by atoms with Crippen LogP contribution in [0.25, 0.3) is 11.2 Å². The first-order chi connectivity index (χ1) is 11.5. The highest BCUT2D eigenvalue weighted by Gasteiger charge is 2.18. The average Bonchev–Trinajstić information content (AvgIpc) is 2.98. The van der Waals surface area contributed by atoms with Gasteiger partial charge in [0.05, 0.1) is 12.9 Å². The lowest BCUT2D eigenvalue weighted by Gasteiger charge is -2.12. The number of ketones is 1. The second-order valence-corrected chi connectivity index (χ2v) is 6.04. The van der Waals surface area contributed by atoms with Gasteiger partial charge in [0.1, 0.15) is 0 Å². The zero-order chi connectivity index (χ0) is 17.7. The van der Waals surface area contributed by atoms with Gasteiger partial charge in [0, 0.05) is 19.5 Å². The number of carbonyl (C=O) groups is 1. The first kappa shape index (κ1) is 18.2. The lowest BCUT2D eigenvalue weighted by atomic mass is 10.3. The number of imidazole rings is 1. The molecule has 0 bridgehead atoms. The van der Waals surface area contributed by atoms with Gasteiger partial charge in [0.25, 0.3) is 5.56 Å². The summed E-state index contributed by atoms with van der Waals surface area (Å²) in [5.74, 6) is 0.0279. The minimum atomic E-state index is -0.349. The largest absolute Gasteiger partial charge is 0.332 e. The molecule has 132 valence electrons. The number of nitrogens with zero attached hydrogens (tertiary/aromatic N) is 4.